The van der Waals surface area contributed by atoms with Gasteiger partial charge < -0.3 is 5.32 Å². The van der Waals surface area contributed by atoms with Crippen LogP contribution in [0.2, 0.25) is 0 Å². The summed E-state index contributed by atoms with van der Waals surface area (Å²) in [5, 5.41) is 4.88. The van der Waals surface area contributed by atoms with Gasteiger partial charge in [0.25, 0.3) is 0 Å². The van der Waals surface area contributed by atoms with Crippen molar-refractivity contribution in [3.05, 3.63) is 36.7 Å². The quantitative estimate of drug-likeness (QED) is 0.889. The lowest BCUT2D eigenvalue weighted by Gasteiger charge is -2.30. The molecular formula is C14H15N3O2S. The molecular weight excluding hydrogens is 274 g/mol. The first-order chi connectivity index (χ1) is 9.66. The normalized spacial score (nSPS) is 26.4. The molecule has 1 aromatic carbocycles. The van der Waals surface area contributed by atoms with Crippen molar-refractivity contribution in [3.63, 3.8) is 0 Å². The number of rotatable bonds is 2. The number of aromatic nitrogens is 1. The summed E-state index contributed by atoms with van der Waals surface area (Å²) >= 11 is 0. The summed E-state index contributed by atoms with van der Waals surface area (Å²) in [4.78, 5) is 4.44. The lowest BCUT2D eigenvalue weighted by atomic mass is 9.96. The second kappa shape index (κ2) is 4.25. The van der Waals surface area contributed by atoms with Crippen molar-refractivity contribution < 1.29 is 8.42 Å². The molecule has 2 fully saturated rings. The van der Waals surface area contributed by atoms with E-state index in [1.165, 1.54) is 0 Å². The predicted octanol–water partition coefficient (Wildman–Crippen LogP) is 0.827. The highest BCUT2D eigenvalue weighted by atomic mass is 32.2. The summed E-state index contributed by atoms with van der Waals surface area (Å²) in [6.45, 7) is 2.13. The summed E-state index contributed by atoms with van der Waals surface area (Å²) < 4.78 is 27.3. The maximum absolute atomic E-state index is 12.8. The van der Waals surface area contributed by atoms with Crippen molar-refractivity contribution in [2.45, 2.75) is 10.9 Å². The zero-order valence-electron chi connectivity index (χ0n) is 10.9. The first-order valence-corrected chi connectivity index (χ1v) is 8.16. The SMILES string of the molecule is O=S(=O)(c1cccc2cnccc12)N1C[C@H]2CN[C@H]2C1. The van der Waals surface area contributed by atoms with Crippen LogP contribution in [0.15, 0.2) is 41.6 Å². The molecule has 2 aromatic rings. The maximum atomic E-state index is 12.8. The van der Waals surface area contributed by atoms with Gasteiger partial charge in [-0.3, -0.25) is 4.98 Å². The molecule has 6 heteroatoms. The van der Waals surface area contributed by atoms with E-state index in [2.05, 4.69) is 10.3 Å². The summed E-state index contributed by atoms with van der Waals surface area (Å²) in [6, 6.07) is 7.45. The Kier molecular flexibility index (Phi) is 2.60. The van der Waals surface area contributed by atoms with Gasteiger partial charge in [-0.2, -0.15) is 4.31 Å². The Labute approximate surface area is 117 Å². The smallest absolute Gasteiger partial charge is 0.243 e. The van der Waals surface area contributed by atoms with Crippen LogP contribution in [-0.2, 0) is 10.0 Å². The Balaban J connectivity index is 1.81. The van der Waals surface area contributed by atoms with Crippen molar-refractivity contribution in [2.75, 3.05) is 19.6 Å². The number of pyridine rings is 1. The number of nitrogens with zero attached hydrogens (tertiary/aromatic N) is 2. The second-order valence-corrected chi connectivity index (χ2v) is 7.36. The minimum atomic E-state index is -3.43. The molecule has 2 saturated heterocycles. The summed E-state index contributed by atoms with van der Waals surface area (Å²) in [6.07, 6.45) is 3.33. The van der Waals surface area contributed by atoms with E-state index in [-0.39, 0.29) is 0 Å². The van der Waals surface area contributed by atoms with E-state index in [0.29, 0.717) is 29.9 Å². The molecule has 0 radical (unpaired) electrons. The largest absolute Gasteiger partial charge is 0.312 e. The molecule has 0 spiro atoms. The third kappa shape index (κ3) is 1.69. The molecule has 0 saturated carbocycles. The van der Waals surface area contributed by atoms with E-state index in [0.717, 1.165) is 17.3 Å². The van der Waals surface area contributed by atoms with Gasteiger partial charge in [-0.05, 0) is 12.1 Å². The average Bonchev–Trinajstić information content (AvgIpc) is 2.74. The molecule has 2 aliphatic heterocycles. The fourth-order valence-corrected chi connectivity index (χ4v) is 4.80. The standard InChI is InChI=1S/C14H15N3O2S/c18-20(19,17-8-11-7-16-13(11)9-17)14-3-1-2-10-6-15-5-4-12(10)14/h1-6,11,13,16H,7-9H2/t11-,13+/m1/s1. The fourth-order valence-electron chi connectivity index (χ4n) is 3.07. The van der Waals surface area contributed by atoms with Crippen molar-refractivity contribution in [3.8, 4) is 0 Å². The van der Waals surface area contributed by atoms with Gasteiger partial charge in [0.2, 0.25) is 10.0 Å². The zero-order chi connectivity index (χ0) is 13.7. The molecule has 3 heterocycles. The van der Waals surface area contributed by atoms with E-state index in [1.54, 1.807) is 34.9 Å². The molecule has 0 bridgehead atoms. The van der Waals surface area contributed by atoms with Crippen LogP contribution in [0, 0.1) is 5.92 Å². The van der Waals surface area contributed by atoms with Crippen molar-refractivity contribution >= 4 is 20.8 Å². The minimum absolute atomic E-state index is 0.335. The van der Waals surface area contributed by atoms with Crippen LogP contribution >= 0.6 is 0 Å². The van der Waals surface area contributed by atoms with Gasteiger partial charge in [0.05, 0.1) is 4.90 Å². The van der Waals surface area contributed by atoms with Gasteiger partial charge in [0, 0.05) is 54.8 Å². The van der Waals surface area contributed by atoms with Crippen molar-refractivity contribution in [2.24, 2.45) is 5.92 Å². The Bertz CT molecular complexity index is 758. The van der Waals surface area contributed by atoms with E-state index in [9.17, 15) is 8.42 Å². The molecule has 104 valence electrons. The number of hydrogen-bond acceptors (Lipinski definition) is 4. The van der Waals surface area contributed by atoms with Gasteiger partial charge >= 0.3 is 0 Å². The number of nitrogens with one attached hydrogen (secondary N) is 1. The zero-order valence-corrected chi connectivity index (χ0v) is 11.7. The second-order valence-electron chi connectivity index (χ2n) is 5.45. The van der Waals surface area contributed by atoms with E-state index < -0.39 is 10.0 Å². The monoisotopic (exact) mass is 289 g/mol. The third-order valence-corrected chi connectivity index (χ3v) is 6.20. The maximum Gasteiger partial charge on any atom is 0.243 e. The topological polar surface area (TPSA) is 62.3 Å². The highest BCUT2D eigenvalue weighted by Gasteiger charge is 2.44. The van der Waals surface area contributed by atoms with Crippen LogP contribution in [0.5, 0.6) is 0 Å². The molecule has 4 rings (SSSR count). The van der Waals surface area contributed by atoms with Crippen LogP contribution in [0.3, 0.4) is 0 Å². The van der Waals surface area contributed by atoms with Gasteiger partial charge in [-0.15, -0.1) is 0 Å². The molecule has 2 aliphatic rings. The summed E-state index contributed by atoms with van der Waals surface area (Å²) in [5.74, 6) is 0.474. The minimum Gasteiger partial charge on any atom is -0.312 e. The van der Waals surface area contributed by atoms with Gasteiger partial charge in [-0.1, -0.05) is 12.1 Å². The fraction of sp³-hybridized carbons (Fsp3) is 0.357. The van der Waals surface area contributed by atoms with Crippen LogP contribution in [-0.4, -0.2) is 43.4 Å². The number of sulfonamides is 1. The molecule has 5 nitrogen and oxygen atoms in total. The highest BCUT2D eigenvalue weighted by molar-refractivity contribution is 7.89. The Morgan fingerprint density at radius 3 is 2.85 bits per heavy atom. The predicted molar refractivity (Wildman–Crippen MR) is 75.8 cm³/mol. The third-order valence-electron chi connectivity index (χ3n) is 4.31. The summed E-state index contributed by atoms with van der Waals surface area (Å²) in [5.41, 5.74) is 0. The molecule has 20 heavy (non-hydrogen) atoms. The Hall–Kier alpha value is -1.50. The molecule has 2 atom stereocenters. The Morgan fingerprint density at radius 2 is 2.15 bits per heavy atom. The van der Waals surface area contributed by atoms with Crippen LogP contribution < -0.4 is 5.32 Å². The molecule has 1 aromatic heterocycles. The van der Waals surface area contributed by atoms with Crippen LogP contribution in [0.1, 0.15) is 0 Å². The number of hydrogen-bond donors (Lipinski definition) is 1. The first kappa shape index (κ1) is 12.3. The molecule has 1 N–H and O–H groups in total. The lowest BCUT2D eigenvalue weighted by Crippen LogP contribution is -2.51. The van der Waals surface area contributed by atoms with E-state index in [4.69, 9.17) is 0 Å². The first-order valence-electron chi connectivity index (χ1n) is 6.72. The highest BCUT2D eigenvalue weighted by Crippen LogP contribution is 2.31. The molecule has 0 unspecified atom stereocenters. The van der Waals surface area contributed by atoms with Crippen molar-refractivity contribution in [1.82, 2.24) is 14.6 Å². The Morgan fingerprint density at radius 1 is 1.25 bits per heavy atom. The van der Waals surface area contributed by atoms with Crippen LogP contribution in [0.4, 0.5) is 0 Å². The van der Waals surface area contributed by atoms with Gasteiger partial charge in [-0.25, -0.2) is 8.42 Å². The van der Waals surface area contributed by atoms with E-state index in [1.807, 2.05) is 6.07 Å². The van der Waals surface area contributed by atoms with Gasteiger partial charge in [0.15, 0.2) is 0 Å². The molecule has 0 amide bonds. The lowest BCUT2D eigenvalue weighted by molar-refractivity contribution is 0.297. The van der Waals surface area contributed by atoms with Crippen molar-refractivity contribution in [1.29, 1.82) is 0 Å². The molecule has 0 aliphatic carbocycles. The van der Waals surface area contributed by atoms with Crippen LogP contribution in [0.25, 0.3) is 10.8 Å². The van der Waals surface area contributed by atoms with Gasteiger partial charge in [0.1, 0.15) is 0 Å². The number of fused-ring (bicyclic) bond motifs is 2. The van der Waals surface area contributed by atoms with E-state index >= 15 is 0 Å². The average molecular weight is 289 g/mol. The number of benzene rings is 1. The summed E-state index contributed by atoms with van der Waals surface area (Å²) in [7, 11) is -3.43.